The Kier molecular flexibility index (Phi) is 2.53. The van der Waals surface area contributed by atoms with Gasteiger partial charge in [-0.15, -0.1) is 0 Å². The minimum Gasteiger partial charge on any atom is -0.307 e. The lowest BCUT2D eigenvalue weighted by atomic mass is 9.78. The minimum absolute atomic E-state index is 0.413. The van der Waals surface area contributed by atoms with Crippen LogP contribution in [0.5, 0.6) is 0 Å². The van der Waals surface area contributed by atoms with Crippen molar-refractivity contribution < 1.29 is 0 Å². The molecule has 10 heavy (non-hydrogen) atoms. The van der Waals surface area contributed by atoms with Crippen molar-refractivity contribution in [3.05, 3.63) is 11.1 Å². The molecule has 0 aromatic carbocycles. The smallest absolute Gasteiger partial charge is 0.0270 e. The molecule has 0 spiro atoms. The molecule has 0 aromatic heterocycles. The summed E-state index contributed by atoms with van der Waals surface area (Å²) >= 11 is 3.32. The highest BCUT2D eigenvalue weighted by molar-refractivity contribution is 9.11. The van der Waals surface area contributed by atoms with Crippen LogP contribution in [0.3, 0.4) is 0 Å². The lowest BCUT2D eigenvalue weighted by Gasteiger charge is -2.39. The molecular weight excluding hydrogens is 190 g/mol. The van der Waals surface area contributed by atoms with Gasteiger partial charge in [-0.25, -0.2) is 0 Å². The van der Waals surface area contributed by atoms with Crippen LogP contribution >= 0.6 is 15.9 Å². The summed E-state index contributed by atoms with van der Waals surface area (Å²) < 4.78 is 1.04. The molecule has 1 nitrogen and oxygen atoms in total. The van der Waals surface area contributed by atoms with Gasteiger partial charge < -0.3 is 5.32 Å². The van der Waals surface area contributed by atoms with Gasteiger partial charge in [0.15, 0.2) is 0 Å². The first-order valence-corrected chi connectivity index (χ1v) is 4.50. The van der Waals surface area contributed by atoms with Crippen molar-refractivity contribution in [1.29, 1.82) is 0 Å². The summed E-state index contributed by atoms with van der Waals surface area (Å²) in [5.41, 5.74) is 0.413. The lowest BCUT2D eigenvalue weighted by molar-refractivity contribution is 0.216. The fraction of sp³-hybridized carbons (Fsp3) is 0.750. The molecule has 0 unspecified atom stereocenters. The SMILES string of the molecule is C=C(Br)CNC1(C)CCC1. The van der Waals surface area contributed by atoms with E-state index in [4.69, 9.17) is 0 Å². The van der Waals surface area contributed by atoms with Crippen molar-refractivity contribution in [1.82, 2.24) is 5.32 Å². The molecule has 0 bridgehead atoms. The van der Waals surface area contributed by atoms with Crippen LogP contribution in [0.2, 0.25) is 0 Å². The summed E-state index contributed by atoms with van der Waals surface area (Å²) in [6, 6.07) is 0. The highest BCUT2D eigenvalue weighted by Gasteiger charge is 2.30. The molecule has 1 fully saturated rings. The molecule has 1 saturated carbocycles. The largest absolute Gasteiger partial charge is 0.307 e. The van der Waals surface area contributed by atoms with E-state index in [0.717, 1.165) is 11.0 Å². The van der Waals surface area contributed by atoms with Crippen molar-refractivity contribution >= 4 is 15.9 Å². The van der Waals surface area contributed by atoms with Crippen LogP contribution in [-0.2, 0) is 0 Å². The van der Waals surface area contributed by atoms with E-state index < -0.39 is 0 Å². The summed E-state index contributed by atoms with van der Waals surface area (Å²) in [6.07, 6.45) is 4.00. The zero-order valence-electron chi connectivity index (χ0n) is 6.41. The number of nitrogens with one attached hydrogen (secondary N) is 1. The van der Waals surface area contributed by atoms with Gasteiger partial charge >= 0.3 is 0 Å². The highest BCUT2D eigenvalue weighted by atomic mass is 79.9. The number of hydrogen-bond donors (Lipinski definition) is 1. The molecule has 0 radical (unpaired) electrons. The van der Waals surface area contributed by atoms with Crippen LogP contribution in [0, 0.1) is 0 Å². The van der Waals surface area contributed by atoms with E-state index >= 15 is 0 Å². The maximum Gasteiger partial charge on any atom is 0.0270 e. The van der Waals surface area contributed by atoms with E-state index in [1.807, 2.05) is 0 Å². The number of hydrogen-bond acceptors (Lipinski definition) is 1. The summed E-state index contributed by atoms with van der Waals surface area (Å²) in [5.74, 6) is 0. The van der Waals surface area contributed by atoms with Gasteiger partial charge in [0, 0.05) is 16.6 Å². The third-order valence-electron chi connectivity index (χ3n) is 2.16. The average Bonchev–Trinajstić information content (AvgIpc) is 1.79. The van der Waals surface area contributed by atoms with Crippen LogP contribution in [0.15, 0.2) is 11.1 Å². The van der Waals surface area contributed by atoms with Crippen LogP contribution in [0.4, 0.5) is 0 Å². The lowest BCUT2D eigenvalue weighted by Crippen LogP contribution is -2.48. The first kappa shape index (κ1) is 8.28. The zero-order chi connectivity index (χ0) is 7.61. The fourth-order valence-corrected chi connectivity index (χ4v) is 1.33. The monoisotopic (exact) mass is 203 g/mol. The molecule has 0 atom stereocenters. The van der Waals surface area contributed by atoms with Crippen molar-refractivity contribution in [2.45, 2.75) is 31.7 Å². The summed E-state index contributed by atoms with van der Waals surface area (Å²) in [5, 5.41) is 3.45. The molecule has 2 heteroatoms. The first-order valence-electron chi connectivity index (χ1n) is 3.71. The molecular formula is C8H14BrN. The van der Waals surface area contributed by atoms with Crippen LogP contribution in [-0.4, -0.2) is 12.1 Å². The molecule has 1 rings (SSSR count). The van der Waals surface area contributed by atoms with Crippen molar-refractivity contribution in [2.75, 3.05) is 6.54 Å². The Labute approximate surface area is 71.0 Å². The molecule has 1 N–H and O–H groups in total. The molecule has 1 aliphatic rings. The van der Waals surface area contributed by atoms with Crippen LogP contribution in [0.1, 0.15) is 26.2 Å². The van der Waals surface area contributed by atoms with Gasteiger partial charge in [-0.3, -0.25) is 0 Å². The molecule has 0 aromatic rings. The normalized spacial score (nSPS) is 21.8. The molecule has 0 amide bonds. The van der Waals surface area contributed by atoms with E-state index in [-0.39, 0.29) is 0 Å². The van der Waals surface area contributed by atoms with Crippen LogP contribution in [0.25, 0.3) is 0 Å². The zero-order valence-corrected chi connectivity index (χ0v) is 8.00. The molecule has 58 valence electrons. The van der Waals surface area contributed by atoms with Gasteiger partial charge in [0.2, 0.25) is 0 Å². The number of halogens is 1. The topological polar surface area (TPSA) is 12.0 Å². The number of rotatable bonds is 3. The van der Waals surface area contributed by atoms with E-state index in [0.29, 0.717) is 5.54 Å². The van der Waals surface area contributed by atoms with Crippen molar-refractivity contribution in [2.24, 2.45) is 0 Å². The van der Waals surface area contributed by atoms with Crippen molar-refractivity contribution in [3.63, 3.8) is 0 Å². The second kappa shape index (κ2) is 3.05. The Hall–Kier alpha value is 0.180. The molecule has 0 heterocycles. The van der Waals surface area contributed by atoms with Gasteiger partial charge in [-0.1, -0.05) is 22.5 Å². The van der Waals surface area contributed by atoms with Gasteiger partial charge in [-0.2, -0.15) is 0 Å². The Morgan fingerprint density at radius 2 is 2.30 bits per heavy atom. The molecule has 1 aliphatic carbocycles. The predicted octanol–water partition coefficient (Wildman–Crippen LogP) is 2.43. The summed E-state index contributed by atoms with van der Waals surface area (Å²) in [6.45, 7) is 6.94. The molecule has 0 saturated heterocycles. The Morgan fingerprint density at radius 3 is 2.60 bits per heavy atom. The van der Waals surface area contributed by atoms with E-state index in [1.54, 1.807) is 0 Å². The van der Waals surface area contributed by atoms with Gasteiger partial charge in [0.1, 0.15) is 0 Å². The maximum absolute atomic E-state index is 3.77. The predicted molar refractivity (Wildman–Crippen MR) is 48.3 cm³/mol. The Morgan fingerprint density at radius 1 is 1.70 bits per heavy atom. The third kappa shape index (κ3) is 2.10. The summed E-state index contributed by atoms with van der Waals surface area (Å²) in [4.78, 5) is 0. The Bertz CT molecular complexity index is 138. The quantitative estimate of drug-likeness (QED) is 0.744. The molecule has 0 aliphatic heterocycles. The summed E-state index contributed by atoms with van der Waals surface area (Å²) in [7, 11) is 0. The first-order chi connectivity index (χ1) is 4.62. The maximum atomic E-state index is 3.77. The standard InChI is InChI=1S/C8H14BrN/c1-7(9)6-10-8(2)4-3-5-8/h10H,1,3-6H2,2H3. The fourth-order valence-electron chi connectivity index (χ4n) is 1.19. The third-order valence-corrected chi connectivity index (χ3v) is 2.44. The Balaban J connectivity index is 2.18. The average molecular weight is 204 g/mol. The second-order valence-corrected chi connectivity index (χ2v) is 4.41. The van der Waals surface area contributed by atoms with E-state index in [9.17, 15) is 0 Å². The van der Waals surface area contributed by atoms with E-state index in [2.05, 4.69) is 34.7 Å². The van der Waals surface area contributed by atoms with Crippen LogP contribution < -0.4 is 5.32 Å². The highest BCUT2D eigenvalue weighted by Crippen LogP contribution is 2.30. The second-order valence-electron chi connectivity index (χ2n) is 3.29. The van der Waals surface area contributed by atoms with E-state index in [1.165, 1.54) is 19.3 Å². The van der Waals surface area contributed by atoms with Gasteiger partial charge in [0.25, 0.3) is 0 Å². The van der Waals surface area contributed by atoms with Gasteiger partial charge in [0.05, 0.1) is 0 Å². The minimum atomic E-state index is 0.413. The van der Waals surface area contributed by atoms with Gasteiger partial charge in [-0.05, 0) is 26.2 Å². The van der Waals surface area contributed by atoms with Crippen molar-refractivity contribution in [3.8, 4) is 0 Å².